The van der Waals surface area contributed by atoms with Gasteiger partial charge in [-0.05, 0) is 200 Å². The molecule has 8 heterocycles. The molecular formula is C139H150N4S6. The summed E-state index contributed by atoms with van der Waals surface area (Å²) in [5, 5.41) is 0. The van der Waals surface area contributed by atoms with Crippen LogP contribution < -0.4 is 0 Å². The zero-order valence-corrected chi connectivity index (χ0v) is 94.0. The number of rotatable bonds is 54. The number of fused-ring (bicyclic) bond motifs is 11. The number of aromatic nitrogens is 4. The second kappa shape index (κ2) is 49.2. The maximum atomic E-state index is 5.95. The van der Waals surface area contributed by atoms with Crippen molar-refractivity contribution in [1.29, 1.82) is 0 Å². The van der Waals surface area contributed by atoms with Crippen LogP contribution in [0.2, 0.25) is 0 Å². The van der Waals surface area contributed by atoms with Gasteiger partial charge in [-0.25, -0.2) is 19.9 Å². The van der Waals surface area contributed by atoms with Crippen molar-refractivity contribution in [3.8, 4) is 159 Å². The fraction of sp³-hybridized carbons (Fsp3) is 0.367. The van der Waals surface area contributed by atoms with Crippen molar-refractivity contribution in [2.75, 3.05) is 0 Å². The number of hydrogen-bond donors (Lipinski definition) is 0. The molecular weight excluding hydrogens is 1920 g/mol. The number of nitrogens with zero attached hydrogens (tertiary/aromatic N) is 4. The second-order valence-electron chi connectivity index (χ2n) is 43.4. The van der Waals surface area contributed by atoms with Gasteiger partial charge in [0.25, 0.3) is 0 Å². The van der Waals surface area contributed by atoms with Gasteiger partial charge in [-0.2, -0.15) is 0 Å². The number of benzene rings is 10. The highest BCUT2D eigenvalue weighted by molar-refractivity contribution is 7.30. The van der Waals surface area contributed by atoms with Crippen molar-refractivity contribution in [2.24, 2.45) is 0 Å². The van der Waals surface area contributed by atoms with E-state index in [9.17, 15) is 0 Å². The average molecular weight is 2070 g/mol. The Balaban J connectivity index is 0.647. The van der Waals surface area contributed by atoms with Crippen LogP contribution in [0.15, 0.2) is 291 Å². The summed E-state index contributed by atoms with van der Waals surface area (Å²) in [6.07, 6.45) is 53.5. The normalized spacial score (nSPS) is 13.4. The average Bonchev–Trinajstić information content (AvgIpc) is 1.54. The van der Waals surface area contributed by atoms with Crippen LogP contribution in [0.25, 0.3) is 181 Å². The summed E-state index contributed by atoms with van der Waals surface area (Å²) in [4.78, 5) is 38.6. The van der Waals surface area contributed by atoms with E-state index in [0.29, 0.717) is 0 Å². The van der Waals surface area contributed by atoms with Crippen molar-refractivity contribution in [3.05, 3.63) is 325 Å². The Hall–Kier alpha value is -10.9. The van der Waals surface area contributed by atoms with Crippen LogP contribution in [-0.4, -0.2) is 19.9 Å². The van der Waals surface area contributed by atoms with Crippen molar-refractivity contribution in [3.63, 3.8) is 0 Å². The van der Waals surface area contributed by atoms with Gasteiger partial charge in [-0.1, -0.05) is 491 Å². The molecule has 0 saturated carbocycles. The van der Waals surface area contributed by atoms with Crippen LogP contribution in [0, 0.1) is 0 Å². The molecule has 0 bridgehead atoms. The van der Waals surface area contributed by atoms with E-state index in [0.717, 1.165) is 79.9 Å². The maximum Gasteiger partial charge on any atom is 0.110 e. The third kappa shape index (κ3) is 22.0. The van der Waals surface area contributed by atoms with E-state index in [1.165, 1.54) is 382 Å². The van der Waals surface area contributed by atoms with E-state index >= 15 is 0 Å². The smallest absolute Gasteiger partial charge is 0.110 e. The molecule has 3 aliphatic carbocycles. The predicted molar refractivity (Wildman–Crippen MR) is 652 cm³/mol. The molecule has 149 heavy (non-hydrogen) atoms. The first-order valence-electron chi connectivity index (χ1n) is 57.7. The molecule has 21 rings (SSSR count). The van der Waals surface area contributed by atoms with Gasteiger partial charge in [-0.15, -0.1) is 68.0 Å². The van der Waals surface area contributed by atoms with Crippen molar-refractivity contribution in [2.45, 2.75) is 327 Å². The third-order valence-corrected chi connectivity index (χ3v) is 40.9. The molecule has 0 aliphatic heterocycles. The summed E-state index contributed by atoms with van der Waals surface area (Å²) in [5.74, 6) is 0. The molecule has 0 amide bonds. The van der Waals surface area contributed by atoms with E-state index in [1.807, 2.05) is 68.0 Å². The topological polar surface area (TPSA) is 51.6 Å². The molecule has 0 radical (unpaired) electrons. The van der Waals surface area contributed by atoms with E-state index in [-0.39, 0.29) is 16.2 Å². The second-order valence-corrected chi connectivity index (χ2v) is 49.7. The minimum absolute atomic E-state index is 0.00511. The quantitative estimate of drug-likeness (QED) is 0.0357. The fourth-order valence-corrected chi connectivity index (χ4v) is 32.3. The van der Waals surface area contributed by atoms with E-state index in [1.54, 1.807) is 22.3 Å². The highest BCUT2D eigenvalue weighted by atomic mass is 32.1. The van der Waals surface area contributed by atoms with E-state index in [4.69, 9.17) is 19.9 Å². The monoisotopic (exact) mass is 2070 g/mol. The lowest BCUT2D eigenvalue weighted by molar-refractivity contribution is 0.398. The van der Waals surface area contributed by atoms with Gasteiger partial charge >= 0.3 is 0 Å². The molecule has 10 heteroatoms. The Morgan fingerprint density at radius 2 is 0.349 bits per heavy atom. The summed E-state index contributed by atoms with van der Waals surface area (Å²) in [5.41, 5.74) is 34.6. The molecule has 0 saturated heterocycles. The molecule has 3 aliphatic rings. The van der Waals surface area contributed by atoms with Crippen molar-refractivity contribution < 1.29 is 0 Å². The number of thiophene rings is 6. The minimum atomic E-state index is -0.187. The van der Waals surface area contributed by atoms with Gasteiger partial charge in [-0.3, -0.25) is 0 Å². The molecule has 0 unspecified atom stereocenters. The van der Waals surface area contributed by atoms with Crippen molar-refractivity contribution >= 4 is 90.1 Å². The Morgan fingerprint density at radius 1 is 0.161 bits per heavy atom. The SMILES string of the molecule is CCCCCCCCC1(CCCCCCCC)c2ccccc2-c2ccc(-c3ccc(-c4sc(-c5ccc(-c6ccc7c(c6)C(CCCCCCCC)(CCCCCCCC)c6cc(-c8ccc(-c9sc(-c%10ccc(-c%11ccc%12c(c%11)C(CCCCCCCC)(CCCCCCCC)c%11ccccc%11-%12)s%10)c%10nc(-c%11ccccc%11)c(-c%11ccccc%11)nc9%10)s8)ccc6-7)s5)c5nc(-c6ccccc6)c(-c6ccccc6)nc45)s3)cc21. The number of hydrogen-bond acceptors (Lipinski definition) is 10. The molecule has 0 atom stereocenters. The lowest BCUT2D eigenvalue weighted by Gasteiger charge is -2.33. The Morgan fingerprint density at radius 3 is 0.577 bits per heavy atom. The summed E-state index contributed by atoms with van der Waals surface area (Å²) in [7, 11) is 0. The molecule has 0 fully saturated rings. The summed E-state index contributed by atoms with van der Waals surface area (Å²) in [6.45, 7) is 14.1. The van der Waals surface area contributed by atoms with E-state index in [2.05, 4.69) is 333 Å². The Kier molecular flexibility index (Phi) is 34.3. The van der Waals surface area contributed by atoms with E-state index < -0.39 is 0 Å². The predicted octanol–water partition coefficient (Wildman–Crippen LogP) is 45.2. The molecule has 4 nitrogen and oxygen atoms in total. The first-order valence-corrected chi connectivity index (χ1v) is 62.6. The van der Waals surface area contributed by atoms with Crippen LogP contribution >= 0.6 is 68.0 Å². The largest absolute Gasteiger partial charge is 0.242 e. The minimum Gasteiger partial charge on any atom is -0.242 e. The molecule has 0 spiro atoms. The molecule has 762 valence electrons. The Bertz CT molecular complexity index is 7040. The summed E-state index contributed by atoms with van der Waals surface area (Å²) >= 11 is 11.5. The van der Waals surface area contributed by atoms with Crippen LogP contribution in [0.3, 0.4) is 0 Å². The Labute approximate surface area is 913 Å². The van der Waals surface area contributed by atoms with Gasteiger partial charge in [0.1, 0.15) is 22.1 Å². The zero-order chi connectivity index (χ0) is 101. The first-order chi connectivity index (χ1) is 73.6. The molecule has 10 aromatic carbocycles. The molecule has 8 aromatic heterocycles. The van der Waals surface area contributed by atoms with Crippen LogP contribution in [0.5, 0.6) is 0 Å². The number of unbranched alkanes of at least 4 members (excludes halogenated alkanes) is 30. The van der Waals surface area contributed by atoms with Gasteiger partial charge in [0, 0.05) is 77.5 Å². The molecule has 0 N–H and O–H groups in total. The maximum absolute atomic E-state index is 5.95. The highest BCUT2D eigenvalue weighted by Crippen LogP contribution is 2.62. The third-order valence-electron chi connectivity index (χ3n) is 33.3. The molecule has 18 aromatic rings. The van der Waals surface area contributed by atoms with Gasteiger partial charge in [0.15, 0.2) is 0 Å². The van der Waals surface area contributed by atoms with Crippen LogP contribution in [0.1, 0.15) is 345 Å². The van der Waals surface area contributed by atoms with Gasteiger partial charge < -0.3 is 0 Å². The van der Waals surface area contributed by atoms with Crippen LogP contribution in [-0.2, 0) is 16.2 Å². The zero-order valence-electron chi connectivity index (χ0n) is 89.1. The first kappa shape index (κ1) is 104. The summed E-state index contributed by atoms with van der Waals surface area (Å²) in [6, 6.07) is 112. The fourth-order valence-electron chi connectivity index (χ4n) is 25.5. The standard InChI is InChI=1S/C139H150N4S6/c1-7-13-19-25-31-53-87-137(88-54-32-26-20-14-8-2)111-69-51-49-67-105(111)107-75-71-101(93-113(107)137)117-79-83-121(144-117)133-129-131(142-127(99-63-45-39-46-64-99)125(140-129)97-59-41-37-42-60-97)135(148-133)123-85-81-119(146-123)103-73-77-109-110-78-74-104(96-116(110)139(115(109)95-103,91-57-35-29-23-17-11-5)92-58-36-30-24-18-12-6)120-82-86-124(147-120)136-132-130(141-126(98-61-43-38-44-62-98)128(143-132)100-65-47-40-48-66-100)134(149-136)122-84-80-118(145-122)102-72-76-108-106-68-50-52-70-112(106)138(114(108)94-102,89-55-33-27-21-15-9-3)90-56-34-28-22-16-10-4/h37-52,59-86,93-96H,7-36,53-58,87-92H2,1-6H3. The lowest BCUT2D eigenvalue weighted by Crippen LogP contribution is -2.25. The van der Waals surface area contributed by atoms with Gasteiger partial charge in [0.05, 0.1) is 42.3 Å². The summed E-state index contributed by atoms with van der Waals surface area (Å²) < 4.78 is 0. The highest BCUT2D eigenvalue weighted by Gasteiger charge is 2.47. The van der Waals surface area contributed by atoms with Gasteiger partial charge in [0.2, 0.25) is 0 Å². The van der Waals surface area contributed by atoms with Crippen LogP contribution in [0.4, 0.5) is 0 Å². The van der Waals surface area contributed by atoms with Crippen molar-refractivity contribution in [1.82, 2.24) is 19.9 Å². The lowest BCUT2D eigenvalue weighted by atomic mass is 9.70.